The third-order valence-corrected chi connectivity index (χ3v) is 10.4. The predicted octanol–water partition coefficient (Wildman–Crippen LogP) is 16.0. The van der Waals surface area contributed by atoms with Crippen LogP contribution < -0.4 is 0 Å². The van der Waals surface area contributed by atoms with Crippen molar-refractivity contribution in [3.05, 3.63) is 219 Å². The van der Waals surface area contributed by atoms with Gasteiger partial charge in [0, 0.05) is 11.1 Å². The summed E-state index contributed by atoms with van der Waals surface area (Å²) in [5.41, 5.74) is 15.2. The maximum atomic E-state index is 9.66. The molecule has 0 amide bonds. The number of fused-ring (bicyclic) bond motifs is 5. The first kappa shape index (κ1) is 48.8. The van der Waals surface area contributed by atoms with Crippen molar-refractivity contribution in [2.75, 3.05) is 0 Å². The van der Waals surface area contributed by atoms with Gasteiger partial charge in [-0.3, -0.25) is 0 Å². The Morgan fingerprint density at radius 2 is 1.02 bits per heavy atom. The molecular weight excluding hydrogens is 711 g/mol. The Labute approximate surface area is 359 Å². The second-order valence-corrected chi connectivity index (χ2v) is 12.7. The highest BCUT2D eigenvalue weighted by Gasteiger charge is 2.58. The molecule has 59 heavy (non-hydrogen) atoms. The minimum absolute atomic E-state index is 0.557. The molecule has 0 saturated heterocycles. The van der Waals surface area contributed by atoms with Crippen LogP contribution in [0.2, 0.25) is 0 Å². The number of benzene rings is 5. The van der Waals surface area contributed by atoms with E-state index in [-0.39, 0.29) is 0 Å². The summed E-state index contributed by atoms with van der Waals surface area (Å²) in [4.78, 5) is 0. The molecule has 6 aromatic rings. The van der Waals surface area contributed by atoms with Crippen molar-refractivity contribution in [3.63, 3.8) is 0 Å². The molecule has 0 aromatic heterocycles. The van der Waals surface area contributed by atoms with Crippen molar-refractivity contribution in [2.45, 2.75) is 101 Å². The van der Waals surface area contributed by atoms with Crippen molar-refractivity contribution in [1.82, 2.24) is 0 Å². The SMILES string of the molecule is C#C.C/C(=C\C(C)=C(/C)C#N)c1ccccc1C1(c2ccccc2)c2ccccc2C2(c3c#cccc3)c3ccccc3-c3cccc1c32.CC.CC.CC.CC.CC. The summed E-state index contributed by atoms with van der Waals surface area (Å²) in [5, 5.41) is 9.66. The molecule has 0 heterocycles. The van der Waals surface area contributed by atoms with Crippen LogP contribution in [0.4, 0.5) is 0 Å². The molecular formula is C58H65N. The molecule has 0 bridgehead atoms. The normalized spacial score (nSPS) is 16.0. The van der Waals surface area contributed by atoms with Crippen LogP contribution in [0.25, 0.3) is 16.7 Å². The van der Waals surface area contributed by atoms with Crippen LogP contribution in [0.3, 0.4) is 0 Å². The van der Waals surface area contributed by atoms with Gasteiger partial charge in [0.2, 0.25) is 0 Å². The Hall–Kier alpha value is -6.33. The van der Waals surface area contributed by atoms with Crippen molar-refractivity contribution in [3.8, 4) is 30.0 Å². The topological polar surface area (TPSA) is 23.8 Å². The Bertz CT molecular complexity index is 2330. The number of nitrogens with zero attached hydrogens (tertiary/aromatic N) is 1. The molecule has 0 radical (unpaired) electrons. The molecule has 0 aliphatic heterocycles. The summed E-state index contributed by atoms with van der Waals surface area (Å²) in [6, 6.07) is 60.2. The fraction of sp³-hybridized carbons (Fsp3) is 0.259. The van der Waals surface area contributed by atoms with Gasteiger partial charge < -0.3 is 0 Å². The summed E-state index contributed by atoms with van der Waals surface area (Å²) < 4.78 is 0. The fourth-order valence-electron chi connectivity index (χ4n) is 8.43. The molecule has 6 aromatic carbocycles. The van der Waals surface area contributed by atoms with Gasteiger partial charge in [-0.05, 0) is 99.7 Å². The average Bonchev–Trinajstić information content (AvgIpc) is 3.65. The zero-order valence-electron chi connectivity index (χ0n) is 38.0. The molecule has 0 saturated carbocycles. The van der Waals surface area contributed by atoms with E-state index in [0.29, 0.717) is 0 Å². The first-order valence-corrected chi connectivity index (χ1v) is 21.5. The lowest BCUT2D eigenvalue weighted by atomic mass is 9.51. The first-order chi connectivity index (χ1) is 29.0. The standard InChI is InChI=1S/C46H33N.5C2H6.C2H2/c1-31(33(3)30-47)29-32(2)36-21-10-12-24-39(36)45(34-17-6-4-7-18-34)41-26-14-15-27-42(41)46(35-19-8-5-9-20-35)40-25-13-11-22-37(40)38-23-16-28-43(45)44(38)46;6*1-2/h4-8,10-19,21-29H,1-3H3;5*1-2H3;1-2H/b32-29+,33-31+;;;;;;. The summed E-state index contributed by atoms with van der Waals surface area (Å²) >= 11 is 0. The third-order valence-electron chi connectivity index (χ3n) is 10.4. The Morgan fingerprint density at radius 3 is 1.59 bits per heavy atom. The van der Waals surface area contributed by atoms with E-state index < -0.39 is 10.8 Å². The molecule has 0 spiro atoms. The van der Waals surface area contributed by atoms with E-state index in [1.165, 1.54) is 50.1 Å². The molecule has 1 nitrogen and oxygen atoms in total. The van der Waals surface area contributed by atoms with Gasteiger partial charge in [-0.25, -0.2) is 0 Å². The van der Waals surface area contributed by atoms with Gasteiger partial charge >= 0.3 is 0 Å². The predicted molar refractivity (Wildman–Crippen MR) is 258 cm³/mol. The zero-order chi connectivity index (χ0) is 44.2. The largest absolute Gasteiger partial charge is 0.193 e. The smallest absolute Gasteiger partial charge is 0.0946 e. The number of hydrogen-bond acceptors (Lipinski definition) is 1. The number of hydrogen-bond donors (Lipinski definition) is 0. The van der Waals surface area contributed by atoms with Crippen molar-refractivity contribution in [1.29, 1.82) is 5.26 Å². The van der Waals surface area contributed by atoms with E-state index in [9.17, 15) is 5.26 Å². The van der Waals surface area contributed by atoms with Crippen LogP contribution in [-0.4, -0.2) is 0 Å². The van der Waals surface area contributed by atoms with Crippen LogP contribution in [0.5, 0.6) is 0 Å². The lowest BCUT2D eigenvalue weighted by Gasteiger charge is -2.49. The van der Waals surface area contributed by atoms with E-state index in [4.69, 9.17) is 0 Å². The maximum Gasteiger partial charge on any atom is 0.0946 e. The Balaban J connectivity index is 0.000000921. The van der Waals surface area contributed by atoms with Gasteiger partial charge in [0.05, 0.1) is 16.9 Å². The van der Waals surface area contributed by atoms with Gasteiger partial charge in [0.25, 0.3) is 0 Å². The molecule has 0 N–H and O–H groups in total. The summed E-state index contributed by atoms with van der Waals surface area (Å²) in [5.74, 6) is 0. The minimum atomic E-state index is -0.638. The maximum absolute atomic E-state index is 9.66. The van der Waals surface area contributed by atoms with Gasteiger partial charge in [-0.1, -0.05) is 215 Å². The van der Waals surface area contributed by atoms with Crippen LogP contribution in [0.1, 0.15) is 140 Å². The molecule has 2 aliphatic rings. The number of rotatable bonds is 5. The highest BCUT2D eigenvalue weighted by molar-refractivity contribution is 5.92. The second-order valence-electron chi connectivity index (χ2n) is 12.7. The van der Waals surface area contributed by atoms with Crippen LogP contribution in [0, 0.1) is 36.3 Å². The van der Waals surface area contributed by atoms with E-state index in [0.717, 1.165) is 27.8 Å². The van der Waals surface area contributed by atoms with E-state index in [1.54, 1.807) is 0 Å². The fourth-order valence-corrected chi connectivity index (χ4v) is 8.43. The quantitative estimate of drug-likeness (QED) is 0.0970. The highest BCUT2D eigenvalue weighted by Crippen LogP contribution is 2.65. The lowest BCUT2D eigenvalue weighted by Crippen LogP contribution is -2.44. The summed E-state index contributed by atoms with van der Waals surface area (Å²) in [6.45, 7) is 26.1. The van der Waals surface area contributed by atoms with Gasteiger partial charge in [0.1, 0.15) is 0 Å². The van der Waals surface area contributed by atoms with E-state index in [1.807, 2.05) is 89.2 Å². The Kier molecular flexibility index (Phi) is 19.7. The molecule has 302 valence electrons. The number of allylic oxidation sites excluding steroid dienone is 4. The minimum Gasteiger partial charge on any atom is -0.193 e. The zero-order valence-corrected chi connectivity index (χ0v) is 38.0. The van der Waals surface area contributed by atoms with Gasteiger partial charge in [0.15, 0.2) is 0 Å². The molecule has 8 rings (SSSR count). The first-order valence-electron chi connectivity index (χ1n) is 21.5. The number of nitriles is 1. The van der Waals surface area contributed by atoms with Crippen LogP contribution in [0.15, 0.2) is 157 Å². The molecule has 1 heteroatoms. The lowest BCUT2D eigenvalue weighted by molar-refractivity contribution is 0.626. The molecule has 0 fully saturated rings. The third kappa shape index (κ3) is 8.47. The molecule has 2 unspecified atom stereocenters. The monoisotopic (exact) mass is 776 g/mol. The van der Waals surface area contributed by atoms with E-state index in [2.05, 4.69) is 178 Å². The van der Waals surface area contributed by atoms with Gasteiger partial charge in [-0.2, -0.15) is 5.26 Å². The van der Waals surface area contributed by atoms with E-state index >= 15 is 0 Å². The number of terminal acetylenes is 1. The summed E-state index contributed by atoms with van der Waals surface area (Å²) in [6.07, 6.45) is 10.2. The van der Waals surface area contributed by atoms with Crippen molar-refractivity contribution >= 4 is 5.57 Å². The highest BCUT2D eigenvalue weighted by atomic mass is 14.6. The summed E-state index contributed by atoms with van der Waals surface area (Å²) in [7, 11) is 0. The average molecular weight is 776 g/mol. The molecule has 2 aliphatic carbocycles. The molecule has 2 atom stereocenters. The second kappa shape index (κ2) is 23.8. The van der Waals surface area contributed by atoms with Crippen LogP contribution in [-0.2, 0) is 10.8 Å². The van der Waals surface area contributed by atoms with Crippen molar-refractivity contribution in [2.24, 2.45) is 0 Å². The van der Waals surface area contributed by atoms with Gasteiger partial charge in [-0.15, -0.1) is 12.8 Å². The van der Waals surface area contributed by atoms with Crippen molar-refractivity contribution < 1.29 is 0 Å². The van der Waals surface area contributed by atoms with Crippen LogP contribution >= 0.6 is 0 Å². The Morgan fingerprint density at radius 1 is 0.525 bits per heavy atom.